The van der Waals surface area contributed by atoms with E-state index in [1.54, 1.807) is 13.1 Å². The standard InChI is InChI=1S/C10H15ClN4O2S/c1-2-18(16,17)15-6-8(7-15)3-13-10-5-12-4-9(11)14-10/h4-5,8H,2-3,6-7H2,1H3,(H,13,14). The lowest BCUT2D eigenvalue weighted by Crippen LogP contribution is -2.52. The molecule has 1 aromatic rings. The van der Waals surface area contributed by atoms with E-state index in [-0.39, 0.29) is 5.75 Å². The summed E-state index contributed by atoms with van der Waals surface area (Å²) in [6, 6.07) is 0. The summed E-state index contributed by atoms with van der Waals surface area (Å²) in [6.45, 7) is 3.46. The van der Waals surface area contributed by atoms with Gasteiger partial charge in [0, 0.05) is 25.6 Å². The number of aromatic nitrogens is 2. The number of nitrogens with zero attached hydrogens (tertiary/aromatic N) is 3. The molecule has 0 bridgehead atoms. The molecule has 1 N–H and O–H groups in total. The predicted molar refractivity (Wildman–Crippen MR) is 70.1 cm³/mol. The summed E-state index contributed by atoms with van der Waals surface area (Å²) in [6.07, 6.45) is 3.05. The van der Waals surface area contributed by atoms with E-state index in [9.17, 15) is 8.42 Å². The topological polar surface area (TPSA) is 75.2 Å². The third-order valence-electron chi connectivity index (χ3n) is 2.86. The van der Waals surface area contributed by atoms with Gasteiger partial charge < -0.3 is 5.32 Å². The number of halogens is 1. The van der Waals surface area contributed by atoms with Crippen LogP contribution in [0.2, 0.25) is 5.15 Å². The lowest BCUT2D eigenvalue weighted by molar-refractivity contribution is 0.212. The molecule has 100 valence electrons. The molecule has 2 heterocycles. The Morgan fingerprint density at radius 1 is 1.50 bits per heavy atom. The van der Waals surface area contributed by atoms with Gasteiger partial charge >= 0.3 is 0 Å². The van der Waals surface area contributed by atoms with Crippen LogP contribution in [0.3, 0.4) is 0 Å². The van der Waals surface area contributed by atoms with Crippen molar-refractivity contribution in [2.45, 2.75) is 6.92 Å². The summed E-state index contributed by atoms with van der Waals surface area (Å²) in [5.41, 5.74) is 0. The zero-order valence-corrected chi connectivity index (χ0v) is 11.6. The molecule has 6 nitrogen and oxygen atoms in total. The summed E-state index contributed by atoms with van der Waals surface area (Å²) < 4.78 is 24.5. The second kappa shape index (κ2) is 5.38. The van der Waals surface area contributed by atoms with Gasteiger partial charge in [0.15, 0.2) is 0 Å². The van der Waals surface area contributed by atoms with Crippen LogP contribution in [0.1, 0.15) is 6.92 Å². The molecule has 0 saturated carbocycles. The maximum absolute atomic E-state index is 11.5. The Hall–Kier alpha value is -0.920. The Kier molecular flexibility index (Phi) is 4.04. The zero-order chi connectivity index (χ0) is 13.2. The Labute approximate surface area is 111 Å². The van der Waals surface area contributed by atoms with E-state index in [1.807, 2.05) is 0 Å². The first kappa shape index (κ1) is 13.5. The Morgan fingerprint density at radius 2 is 2.22 bits per heavy atom. The Bertz CT molecular complexity index is 516. The van der Waals surface area contributed by atoms with E-state index in [2.05, 4.69) is 15.3 Å². The van der Waals surface area contributed by atoms with Crippen molar-refractivity contribution >= 4 is 27.4 Å². The second-order valence-electron chi connectivity index (χ2n) is 4.19. The van der Waals surface area contributed by atoms with Crippen molar-refractivity contribution in [3.63, 3.8) is 0 Å². The molecule has 0 spiro atoms. The van der Waals surface area contributed by atoms with E-state index >= 15 is 0 Å². The molecule has 1 aliphatic heterocycles. The molecular formula is C10H15ClN4O2S. The molecule has 1 saturated heterocycles. The average molecular weight is 291 g/mol. The highest BCUT2D eigenvalue weighted by atomic mass is 35.5. The SMILES string of the molecule is CCS(=O)(=O)N1CC(CNc2cncc(Cl)n2)C1. The van der Waals surface area contributed by atoms with Crippen molar-refractivity contribution in [3.8, 4) is 0 Å². The summed E-state index contributed by atoms with van der Waals surface area (Å²) in [7, 11) is -3.03. The second-order valence-corrected chi connectivity index (χ2v) is 6.84. The van der Waals surface area contributed by atoms with E-state index in [0.29, 0.717) is 36.5 Å². The molecule has 1 aliphatic rings. The van der Waals surface area contributed by atoms with Crippen molar-refractivity contribution in [1.29, 1.82) is 0 Å². The van der Waals surface area contributed by atoms with Gasteiger partial charge in [0.1, 0.15) is 11.0 Å². The van der Waals surface area contributed by atoms with Crippen LogP contribution in [-0.4, -0.2) is 48.1 Å². The van der Waals surface area contributed by atoms with E-state index in [0.717, 1.165) is 0 Å². The van der Waals surface area contributed by atoms with Crippen molar-refractivity contribution in [2.24, 2.45) is 5.92 Å². The first-order chi connectivity index (χ1) is 8.51. The minimum atomic E-state index is -3.03. The number of hydrogen-bond donors (Lipinski definition) is 1. The maximum Gasteiger partial charge on any atom is 0.213 e. The normalized spacial score (nSPS) is 17.4. The molecule has 0 aliphatic carbocycles. The molecule has 0 unspecified atom stereocenters. The van der Waals surface area contributed by atoms with Gasteiger partial charge in [-0.2, -0.15) is 0 Å². The van der Waals surface area contributed by atoms with Crippen molar-refractivity contribution in [3.05, 3.63) is 17.5 Å². The molecule has 0 radical (unpaired) electrons. The fourth-order valence-corrected chi connectivity index (χ4v) is 3.13. The molecule has 8 heteroatoms. The summed E-state index contributed by atoms with van der Waals surface area (Å²) >= 11 is 5.71. The van der Waals surface area contributed by atoms with Crippen LogP contribution >= 0.6 is 11.6 Å². The van der Waals surface area contributed by atoms with Crippen LogP contribution in [0.25, 0.3) is 0 Å². The smallest absolute Gasteiger partial charge is 0.213 e. The minimum absolute atomic E-state index is 0.160. The van der Waals surface area contributed by atoms with Crippen molar-refractivity contribution in [2.75, 3.05) is 30.7 Å². The predicted octanol–water partition coefficient (Wildman–Crippen LogP) is 0.823. The van der Waals surface area contributed by atoms with E-state index in [1.165, 1.54) is 10.5 Å². The van der Waals surface area contributed by atoms with Gasteiger partial charge in [-0.05, 0) is 6.92 Å². The minimum Gasteiger partial charge on any atom is -0.368 e. The van der Waals surface area contributed by atoms with Gasteiger partial charge in [0.05, 0.1) is 18.1 Å². The molecule has 0 amide bonds. The van der Waals surface area contributed by atoms with Gasteiger partial charge in [-0.1, -0.05) is 11.6 Å². The van der Waals surface area contributed by atoms with Crippen LogP contribution in [0.5, 0.6) is 0 Å². The van der Waals surface area contributed by atoms with E-state index < -0.39 is 10.0 Å². The molecular weight excluding hydrogens is 276 g/mol. The van der Waals surface area contributed by atoms with Crippen molar-refractivity contribution < 1.29 is 8.42 Å². The molecule has 0 aromatic carbocycles. The Morgan fingerprint density at radius 3 is 2.83 bits per heavy atom. The number of nitrogens with one attached hydrogen (secondary N) is 1. The van der Waals surface area contributed by atoms with Gasteiger partial charge in [0.2, 0.25) is 10.0 Å². The first-order valence-electron chi connectivity index (χ1n) is 5.70. The third-order valence-corrected chi connectivity index (χ3v) is 4.86. The molecule has 0 atom stereocenters. The average Bonchev–Trinajstić information content (AvgIpc) is 2.27. The van der Waals surface area contributed by atoms with Crippen LogP contribution in [0.15, 0.2) is 12.4 Å². The summed E-state index contributed by atoms with van der Waals surface area (Å²) in [4.78, 5) is 7.96. The number of hydrogen-bond acceptors (Lipinski definition) is 5. The van der Waals surface area contributed by atoms with Gasteiger partial charge in [-0.25, -0.2) is 17.7 Å². The zero-order valence-electron chi connectivity index (χ0n) is 10.0. The molecule has 18 heavy (non-hydrogen) atoms. The molecule has 1 aromatic heterocycles. The Balaban J connectivity index is 1.78. The highest BCUT2D eigenvalue weighted by Gasteiger charge is 2.34. The highest BCUT2D eigenvalue weighted by molar-refractivity contribution is 7.89. The molecule has 2 rings (SSSR count). The highest BCUT2D eigenvalue weighted by Crippen LogP contribution is 2.20. The van der Waals surface area contributed by atoms with Crippen molar-refractivity contribution in [1.82, 2.24) is 14.3 Å². The number of anilines is 1. The third kappa shape index (κ3) is 3.09. The number of sulfonamides is 1. The lowest BCUT2D eigenvalue weighted by atomic mass is 10.0. The summed E-state index contributed by atoms with van der Waals surface area (Å²) in [5.74, 6) is 1.08. The van der Waals surface area contributed by atoms with Crippen LogP contribution in [0.4, 0.5) is 5.82 Å². The van der Waals surface area contributed by atoms with Gasteiger partial charge in [0.25, 0.3) is 0 Å². The van der Waals surface area contributed by atoms with Crippen LogP contribution in [0, 0.1) is 5.92 Å². The quantitative estimate of drug-likeness (QED) is 0.869. The fourth-order valence-electron chi connectivity index (χ4n) is 1.74. The fraction of sp³-hybridized carbons (Fsp3) is 0.600. The molecule has 1 fully saturated rings. The van der Waals surface area contributed by atoms with Crippen LogP contribution in [-0.2, 0) is 10.0 Å². The van der Waals surface area contributed by atoms with Gasteiger partial charge in [-0.15, -0.1) is 0 Å². The number of rotatable bonds is 5. The van der Waals surface area contributed by atoms with Crippen LogP contribution < -0.4 is 5.32 Å². The largest absolute Gasteiger partial charge is 0.368 e. The lowest BCUT2D eigenvalue weighted by Gasteiger charge is -2.37. The monoisotopic (exact) mass is 290 g/mol. The van der Waals surface area contributed by atoms with E-state index in [4.69, 9.17) is 11.6 Å². The maximum atomic E-state index is 11.5. The van der Waals surface area contributed by atoms with Gasteiger partial charge in [-0.3, -0.25) is 4.98 Å². The first-order valence-corrected chi connectivity index (χ1v) is 7.69. The summed E-state index contributed by atoms with van der Waals surface area (Å²) in [5, 5.41) is 3.43.